The third kappa shape index (κ3) is 4.46. The maximum Gasteiger partial charge on any atom is 0.251 e. The van der Waals surface area contributed by atoms with E-state index < -0.39 is 10.0 Å². The van der Waals surface area contributed by atoms with Crippen LogP contribution in [0.25, 0.3) is 0 Å². The van der Waals surface area contributed by atoms with Gasteiger partial charge in [0.25, 0.3) is 5.91 Å². The summed E-state index contributed by atoms with van der Waals surface area (Å²) < 4.78 is 27.6. The lowest BCUT2D eigenvalue weighted by molar-refractivity contribution is 0.0927. The Labute approximate surface area is 157 Å². The molecule has 0 aromatic heterocycles. The summed E-state index contributed by atoms with van der Waals surface area (Å²) in [6.45, 7) is 5.27. The van der Waals surface area contributed by atoms with Gasteiger partial charge in [-0.2, -0.15) is 4.31 Å². The van der Waals surface area contributed by atoms with E-state index in [0.717, 1.165) is 32.1 Å². The molecule has 2 fully saturated rings. The van der Waals surface area contributed by atoms with Crippen LogP contribution in [-0.2, 0) is 10.0 Å². The molecule has 1 aromatic carbocycles. The maximum atomic E-state index is 13.0. The number of nitrogens with zero attached hydrogens (tertiary/aromatic N) is 1. The molecule has 0 radical (unpaired) electrons. The van der Waals surface area contributed by atoms with Gasteiger partial charge in [-0.1, -0.05) is 39.2 Å². The number of hydrogen-bond acceptors (Lipinski definition) is 3. The summed E-state index contributed by atoms with van der Waals surface area (Å²) in [4.78, 5) is 12.8. The Morgan fingerprint density at radius 1 is 1.08 bits per heavy atom. The van der Waals surface area contributed by atoms with Gasteiger partial charge in [-0.3, -0.25) is 4.79 Å². The van der Waals surface area contributed by atoms with Crippen molar-refractivity contribution in [1.82, 2.24) is 9.62 Å². The van der Waals surface area contributed by atoms with E-state index in [1.54, 1.807) is 22.5 Å². The molecule has 5 nitrogen and oxygen atoms in total. The lowest BCUT2D eigenvalue weighted by atomic mass is 9.94. The lowest BCUT2D eigenvalue weighted by Crippen LogP contribution is -2.42. The normalized spacial score (nSPS) is 25.8. The Hall–Kier alpha value is -1.40. The summed E-state index contributed by atoms with van der Waals surface area (Å²) in [7, 11) is -3.56. The molecule has 0 spiro atoms. The van der Waals surface area contributed by atoms with Crippen molar-refractivity contribution in [2.45, 2.75) is 63.3 Å². The van der Waals surface area contributed by atoms with Crippen LogP contribution in [0.2, 0.25) is 0 Å². The number of carbonyl (C=O) groups excluding carboxylic acids is 1. The summed E-state index contributed by atoms with van der Waals surface area (Å²) in [6, 6.07) is 6.69. The molecule has 1 aliphatic heterocycles. The Morgan fingerprint density at radius 2 is 1.73 bits per heavy atom. The fraction of sp³-hybridized carbons (Fsp3) is 0.650. The molecule has 1 aromatic rings. The third-order valence-corrected chi connectivity index (χ3v) is 7.34. The van der Waals surface area contributed by atoms with Crippen molar-refractivity contribution in [2.75, 3.05) is 13.1 Å². The van der Waals surface area contributed by atoms with Gasteiger partial charge in [0.05, 0.1) is 4.90 Å². The fourth-order valence-corrected chi connectivity index (χ4v) is 5.99. The molecule has 6 heteroatoms. The first kappa shape index (κ1) is 19.4. The van der Waals surface area contributed by atoms with Crippen molar-refractivity contribution >= 4 is 15.9 Å². The van der Waals surface area contributed by atoms with Crippen LogP contribution in [-0.4, -0.2) is 37.8 Å². The highest BCUT2D eigenvalue weighted by atomic mass is 32.2. The maximum absolute atomic E-state index is 13.0. The molecule has 144 valence electrons. The van der Waals surface area contributed by atoms with Gasteiger partial charge >= 0.3 is 0 Å². The first-order valence-corrected chi connectivity index (χ1v) is 11.2. The Morgan fingerprint density at radius 3 is 2.38 bits per heavy atom. The van der Waals surface area contributed by atoms with Crippen LogP contribution in [0.3, 0.4) is 0 Å². The zero-order valence-electron chi connectivity index (χ0n) is 15.8. The lowest BCUT2D eigenvalue weighted by Gasteiger charge is -2.34. The van der Waals surface area contributed by atoms with E-state index in [9.17, 15) is 13.2 Å². The van der Waals surface area contributed by atoms with Crippen LogP contribution < -0.4 is 5.32 Å². The first-order valence-electron chi connectivity index (χ1n) is 9.77. The van der Waals surface area contributed by atoms with Gasteiger partial charge in [-0.15, -0.1) is 0 Å². The molecule has 1 N–H and O–H groups in total. The van der Waals surface area contributed by atoms with Gasteiger partial charge in [-0.05, 0) is 49.3 Å². The fourth-order valence-electron chi connectivity index (χ4n) is 4.26. The van der Waals surface area contributed by atoms with Crippen LogP contribution >= 0.6 is 0 Å². The van der Waals surface area contributed by atoms with E-state index in [2.05, 4.69) is 19.2 Å². The number of amides is 1. The molecule has 2 unspecified atom stereocenters. The van der Waals surface area contributed by atoms with Crippen LogP contribution in [0.15, 0.2) is 29.2 Å². The monoisotopic (exact) mass is 378 g/mol. The van der Waals surface area contributed by atoms with Gasteiger partial charge in [0.15, 0.2) is 0 Å². The molecule has 3 rings (SSSR count). The largest absolute Gasteiger partial charge is 0.349 e. The second-order valence-corrected chi connectivity index (χ2v) is 10.0. The minimum atomic E-state index is -3.56. The molecule has 1 aliphatic carbocycles. The summed E-state index contributed by atoms with van der Waals surface area (Å²) in [5.41, 5.74) is 0.426. The van der Waals surface area contributed by atoms with Crippen LogP contribution in [0, 0.1) is 11.8 Å². The number of carbonyl (C=O) groups is 1. The molecule has 1 saturated carbocycles. The van der Waals surface area contributed by atoms with E-state index in [1.165, 1.54) is 12.5 Å². The molecular weight excluding hydrogens is 348 g/mol. The van der Waals surface area contributed by atoms with Gasteiger partial charge in [-0.25, -0.2) is 8.42 Å². The smallest absolute Gasteiger partial charge is 0.251 e. The van der Waals surface area contributed by atoms with Gasteiger partial charge in [0, 0.05) is 24.7 Å². The molecular formula is C20H30N2O3S. The van der Waals surface area contributed by atoms with Gasteiger partial charge in [0.2, 0.25) is 10.0 Å². The number of benzene rings is 1. The number of sulfonamides is 1. The van der Waals surface area contributed by atoms with Gasteiger partial charge < -0.3 is 5.32 Å². The summed E-state index contributed by atoms with van der Waals surface area (Å²) in [6.07, 6.45) is 6.58. The van der Waals surface area contributed by atoms with Crippen molar-refractivity contribution in [2.24, 2.45) is 11.8 Å². The molecule has 2 atom stereocenters. The van der Waals surface area contributed by atoms with E-state index in [0.29, 0.717) is 30.5 Å². The Bertz CT molecular complexity index is 731. The van der Waals surface area contributed by atoms with Crippen LogP contribution in [0.1, 0.15) is 62.7 Å². The Kier molecular flexibility index (Phi) is 6.03. The third-order valence-electron chi connectivity index (χ3n) is 5.51. The predicted molar refractivity (Wildman–Crippen MR) is 102 cm³/mol. The van der Waals surface area contributed by atoms with E-state index in [4.69, 9.17) is 0 Å². The molecule has 1 heterocycles. The van der Waals surface area contributed by atoms with Gasteiger partial charge in [0.1, 0.15) is 0 Å². The van der Waals surface area contributed by atoms with Crippen molar-refractivity contribution < 1.29 is 13.2 Å². The zero-order chi connectivity index (χ0) is 18.7. The van der Waals surface area contributed by atoms with Crippen LogP contribution in [0.4, 0.5) is 0 Å². The van der Waals surface area contributed by atoms with E-state index in [1.807, 2.05) is 0 Å². The second kappa shape index (κ2) is 8.09. The number of hydrogen-bond donors (Lipinski definition) is 1. The van der Waals surface area contributed by atoms with E-state index in [-0.39, 0.29) is 16.8 Å². The SMILES string of the molecule is CC1CC(C)CN(S(=O)(=O)c2cccc(C(=O)NC3CCCCC3)c2)C1. The van der Waals surface area contributed by atoms with Crippen molar-refractivity contribution in [3.05, 3.63) is 29.8 Å². The molecule has 1 amide bonds. The number of nitrogens with one attached hydrogen (secondary N) is 1. The summed E-state index contributed by atoms with van der Waals surface area (Å²) >= 11 is 0. The quantitative estimate of drug-likeness (QED) is 0.873. The highest BCUT2D eigenvalue weighted by Crippen LogP contribution is 2.27. The second-order valence-electron chi connectivity index (χ2n) is 8.10. The van der Waals surface area contributed by atoms with E-state index >= 15 is 0 Å². The highest BCUT2D eigenvalue weighted by Gasteiger charge is 2.32. The minimum Gasteiger partial charge on any atom is -0.349 e. The Balaban J connectivity index is 1.76. The van der Waals surface area contributed by atoms with Crippen LogP contribution in [0.5, 0.6) is 0 Å². The molecule has 1 saturated heterocycles. The average Bonchev–Trinajstić information content (AvgIpc) is 2.62. The minimum absolute atomic E-state index is 0.172. The number of piperidine rings is 1. The predicted octanol–water partition coefficient (Wildman–Crippen LogP) is 3.42. The zero-order valence-corrected chi connectivity index (χ0v) is 16.6. The average molecular weight is 379 g/mol. The van der Waals surface area contributed by atoms with Crippen molar-refractivity contribution in [1.29, 1.82) is 0 Å². The highest BCUT2D eigenvalue weighted by molar-refractivity contribution is 7.89. The standard InChI is InChI=1S/C20H30N2O3S/c1-15-11-16(2)14-22(13-15)26(24,25)19-10-6-7-17(12-19)20(23)21-18-8-4-3-5-9-18/h6-7,10,12,15-16,18H,3-5,8-9,11,13-14H2,1-2H3,(H,21,23). The van der Waals surface area contributed by atoms with Crippen molar-refractivity contribution in [3.8, 4) is 0 Å². The topological polar surface area (TPSA) is 66.5 Å². The van der Waals surface area contributed by atoms with Crippen molar-refractivity contribution in [3.63, 3.8) is 0 Å². The molecule has 26 heavy (non-hydrogen) atoms. The molecule has 0 bridgehead atoms. The first-order chi connectivity index (χ1) is 12.4. The molecule has 2 aliphatic rings. The summed E-state index contributed by atoms with van der Waals surface area (Å²) in [5, 5.41) is 3.06. The summed E-state index contributed by atoms with van der Waals surface area (Å²) in [5.74, 6) is 0.534. The number of rotatable bonds is 4.